The second-order valence-electron chi connectivity index (χ2n) is 3.75. The van der Waals surface area contributed by atoms with E-state index in [1.807, 2.05) is 31.3 Å². The van der Waals surface area contributed by atoms with Gasteiger partial charge in [0.2, 0.25) is 0 Å². The number of aryl methyl sites for hydroxylation is 2. The standard InChI is InChI=1S/C12H14ClN3O/c1-9-7-11(3-4-12(9)17-2)16-8-10(5-6-13)14-15-16/h3-4,7-8H,5-6H2,1-2H3. The average molecular weight is 252 g/mol. The molecule has 17 heavy (non-hydrogen) atoms. The molecule has 0 saturated carbocycles. The lowest BCUT2D eigenvalue weighted by Gasteiger charge is -2.06. The Morgan fingerprint density at radius 1 is 1.41 bits per heavy atom. The third-order valence-corrected chi connectivity index (χ3v) is 2.72. The number of methoxy groups -OCH3 is 1. The van der Waals surface area contributed by atoms with Crippen molar-refractivity contribution >= 4 is 11.6 Å². The van der Waals surface area contributed by atoms with Gasteiger partial charge in [-0.05, 0) is 30.7 Å². The second kappa shape index (κ2) is 5.19. The number of ether oxygens (including phenoxy) is 1. The third kappa shape index (κ3) is 2.58. The molecule has 0 amide bonds. The highest BCUT2D eigenvalue weighted by molar-refractivity contribution is 6.17. The van der Waals surface area contributed by atoms with Gasteiger partial charge in [-0.2, -0.15) is 0 Å². The lowest BCUT2D eigenvalue weighted by Crippen LogP contribution is -1.96. The number of nitrogens with zero attached hydrogens (tertiary/aromatic N) is 3. The van der Waals surface area contributed by atoms with Crippen LogP contribution in [0.5, 0.6) is 5.75 Å². The number of hydrogen-bond acceptors (Lipinski definition) is 3. The molecule has 4 nitrogen and oxygen atoms in total. The van der Waals surface area contributed by atoms with Crippen LogP contribution in [0.15, 0.2) is 24.4 Å². The summed E-state index contributed by atoms with van der Waals surface area (Å²) < 4.78 is 6.96. The van der Waals surface area contributed by atoms with Crippen LogP contribution in [0.25, 0.3) is 5.69 Å². The summed E-state index contributed by atoms with van der Waals surface area (Å²) in [5, 5.41) is 8.12. The van der Waals surface area contributed by atoms with Crippen molar-refractivity contribution in [3.8, 4) is 11.4 Å². The van der Waals surface area contributed by atoms with E-state index in [1.54, 1.807) is 11.8 Å². The Bertz CT molecular complexity index is 510. The zero-order chi connectivity index (χ0) is 12.3. The Balaban J connectivity index is 2.29. The summed E-state index contributed by atoms with van der Waals surface area (Å²) in [4.78, 5) is 0. The van der Waals surface area contributed by atoms with E-state index in [0.29, 0.717) is 5.88 Å². The SMILES string of the molecule is COc1ccc(-n2cc(CCCl)nn2)cc1C. The van der Waals surface area contributed by atoms with Gasteiger partial charge in [-0.1, -0.05) is 5.21 Å². The summed E-state index contributed by atoms with van der Waals surface area (Å²) in [5.74, 6) is 1.43. The summed E-state index contributed by atoms with van der Waals surface area (Å²) in [5.41, 5.74) is 2.93. The van der Waals surface area contributed by atoms with Gasteiger partial charge in [0, 0.05) is 12.3 Å². The molecule has 0 aliphatic rings. The van der Waals surface area contributed by atoms with Crippen LogP contribution in [-0.2, 0) is 6.42 Å². The Hall–Kier alpha value is -1.55. The molecular weight excluding hydrogens is 238 g/mol. The largest absolute Gasteiger partial charge is 0.496 e. The van der Waals surface area contributed by atoms with Gasteiger partial charge in [-0.25, -0.2) is 4.68 Å². The summed E-state index contributed by atoms with van der Waals surface area (Å²) in [6, 6.07) is 5.89. The molecule has 90 valence electrons. The Morgan fingerprint density at radius 2 is 2.24 bits per heavy atom. The highest BCUT2D eigenvalue weighted by atomic mass is 35.5. The molecule has 0 spiro atoms. The van der Waals surface area contributed by atoms with Crippen molar-refractivity contribution in [1.82, 2.24) is 15.0 Å². The third-order valence-electron chi connectivity index (χ3n) is 2.53. The van der Waals surface area contributed by atoms with Crippen molar-refractivity contribution in [3.63, 3.8) is 0 Å². The Labute approximate surface area is 105 Å². The molecular formula is C12H14ClN3O. The van der Waals surface area contributed by atoms with E-state index in [0.717, 1.165) is 29.1 Å². The molecule has 0 bridgehead atoms. The van der Waals surface area contributed by atoms with Crippen LogP contribution in [0.1, 0.15) is 11.3 Å². The molecule has 1 aromatic heterocycles. The van der Waals surface area contributed by atoms with E-state index in [1.165, 1.54) is 0 Å². The topological polar surface area (TPSA) is 39.9 Å². The molecule has 2 rings (SSSR count). The zero-order valence-electron chi connectivity index (χ0n) is 9.85. The highest BCUT2D eigenvalue weighted by Gasteiger charge is 2.04. The summed E-state index contributed by atoms with van der Waals surface area (Å²) in [7, 11) is 1.66. The minimum atomic E-state index is 0.556. The van der Waals surface area contributed by atoms with Crippen LogP contribution in [0, 0.1) is 6.92 Å². The maximum absolute atomic E-state index is 5.66. The van der Waals surface area contributed by atoms with Gasteiger partial charge < -0.3 is 4.74 Å². The smallest absolute Gasteiger partial charge is 0.121 e. The van der Waals surface area contributed by atoms with E-state index >= 15 is 0 Å². The summed E-state index contributed by atoms with van der Waals surface area (Å²) >= 11 is 5.66. The molecule has 0 N–H and O–H groups in total. The molecule has 0 unspecified atom stereocenters. The van der Waals surface area contributed by atoms with E-state index in [9.17, 15) is 0 Å². The normalized spacial score (nSPS) is 10.5. The predicted molar refractivity (Wildman–Crippen MR) is 67.1 cm³/mol. The van der Waals surface area contributed by atoms with Crippen LogP contribution in [0.2, 0.25) is 0 Å². The molecule has 5 heteroatoms. The van der Waals surface area contributed by atoms with E-state index in [-0.39, 0.29) is 0 Å². The van der Waals surface area contributed by atoms with Gasteiger partial charge in [0.15, 0.2) is 0 Å². The fourth-order valence-corrected chi connectivity index (χ4v) is 1.83. The molecule has 1 heterocycles. The minimum absolute atomic E-state index is 0.556. The molecule has 2 aromatic rings. The second-order valence-corrected chi connectivity index (χ2v) is 4.13. The number of alkyl halides is 1. The predicted octanol–water partition coefficient (Wildman–Crippen LogP) is 2.37. The van der Waals surface area contributed by atoms with Crippen molar-refractivity contribution in [2.24, 2.45) is 0 Å². The van der Waals surface area contributed by atoms with Gasteiger partial charge >= 0.3 is 0 Å². The van der Waals surface area contributed by atoms with Crippen molar-refractivity contribution in [3.05, 3.63) is 35.7 Å². The maximum Gasteiger partial charge on any atom is 0.121 e. The number of halogens is 1. The Morgan fingerprint density at radius 3 is 2.88 bits per heavy atom. The van der Waals surface area contributed by atoms with Gasteiger partial charge in [0.1, 0.15) is 5.75 Å². The van der Waals surface area contributed by atoms with Crippen LogP contribution < -0.4 is 4.74 Å². The minimum Gasteiger partial charge on any atom is -0.496 e. The van der Waals surface area contributed by atoms with E-state index in [4.69, 9.17) is 16.3 Å². The first kappa shape index (κ1) is 11.9. The first-order chi connectivity index (χ1) is 8.24. The molecule has 0 aliphatic heterocycles. The molecule has 0 saturated heterocycles. The maximum atomic E-state index is 5.66. The fourth-order valence-electron chi connectivity index (χ4n) is 1.64. The average Bonchev–Trinajstić information content (AvgIpc) is 2.78. The quantitative estimate of drug-likeness (QED) is 0.784. The van der Waals surface area contributed by atoms with Gasteiger partial charge in [0.25, 0.3) is 0 Å². The van der Waals surface area contributed by atoms with Crippen LogP contribution in [-0.4, -0.2) is 28.0 Å². The van der Waals surface area contributed by atoms with E-state index in [2.05, 4.69) is 10.3 Å². The molecule has 1 aromatic carbocycles. The van der Waals surface area contributed by atoms with Crippen molar-refractivity contribution in [2.45, 2.75) is 13.3 Å². The highest BCUT2D eigenvalue weighted by Crippen LogP contribution is 2.20. The summed E-state index contributed by atoms with van der Waals surface area (Å²) in [6.07, 6.45) is 2.63. The lowest BCUT2D eigenvalue weighted by atomic mass is 10.2. The van der Waals surface area contributed by atoms with Crippen molar-refractivity contribution in [1.29, 1.82) is 0 Å². The van der Waals surface area contributed by atoms with Gasteiger partial charge in [-0.15, -0.1) is 16.7 Å². The van der Waals surface area contributed by atoms with Gasteiger partial charge in [-0.3, -0.25) is 0 Å². The Kier molecular flexibility index (Phi) is 3.64. The number of rotatable bonds is 4. The van der Waals surface area contributed by atoms with Crippen LogP contribution in [0.3, 0.4) is 0 Å². The number of hydrogen-bond donors (Lipinski definition) is 0. The van der Waals surface area contributed by atoms with Gasteiger partial charge in [0.05, 0.1) is 24.7 Å². The molecule has 0 radical (unpaired) electrons. The summed E-state index contributed by atoms with van der Waals surface area (Å²) in [6.45, 7) is 2.00. The molecule has 0 aliphatic carbocycles. The zero-order valence-corrected chi connectivity index (χ0v) is 10.6. The van der Waals surface area contributed by atoms with E-state index < -0.39 is 0 Å². The van der Waals surface area contributed by atoms with Crippen molar-refractivity contribution in [2.75, 3.05) is 13.0 Å². The monoisotopic (exact) mass is 251 g/mol. The number of aromatic nitrogens is 3. The first-order valence-electron chi connectivity index (χ1n) is 5.37. The molecule has 0 fully saturated rings. The first-order valence-corrected chi connectivity index (χ1v) is 5.90. The van der Waals surface area contributed by atoms with Crippen molar-refractivity contribution < 1.29 is 4.74 Å². The van der Waals surface area contributed by atoms with Crippen LogP contribution in [0.4, 0.5) is 0 Å². The lowest BCUT2D eigenvalue weighted by molar-refractivity contribution is 0.411. The van der Waals surface area contributed by atoms with Crippen LogP contribution >= 0.6 is 11.6 Å². The molecule has 0 atom stereocenters. The number of benzene rings is 1. The fraction of sp³-hybridized carbons (Fsp3) is 0.333.